The van der Waals surface area contributed by atoms with Crippen LogP contribution in [0.2, 0.25) is 0 Å². The molecular formula is C22H21BrN2O4S. The van der Waals surface area contributed by atoms with Crippen LogP contribution in [0.4, 0.5) is 11.4 Å². The molecule has 0 radical (unpaired) electrons. The number of rotatable bonds is 6. The molecule has 8 heteroatoms. The van der Waals surface area contributed by atoms with Crippen molar-refractivity contribution in [2.24, 2.45) is 0 Å². The van der Waals surface area contributed by atoms with Gasteiger partial charge in [0.1, 0.15) is 10.6 Å². The fraction of sp³-hybridized carbons (Fsp3) is 0.136. The SMILES string of the molecule is COc1ccc(NC(=O)c2ccc(C)cc2C)cc1S(=O)(=O)Nc1ccc(Br)cc1. The van der Waals surface area contributed by atoms with E-state index in [-0.39, 0.29) is 16.6 Å². The molecule has 3 rings (SSSR count). The molecule has 2 N–H and O–H groups in total. The van der Waals surface area contributed by atoms with E-state index in [2.05, 4.69) is 26.0 Å². The highest BCUT2D eigenvalue weighted by atomic mass is 79.9. The number of hydrogen-bond donors (Lipinski definition) is 2. The quantitative estimate of drug-likeness (QED) is 0.503. The Morgan fingerprint density at radius 3 is 2.23 bits per heavy atom. The average molecular weight is 489 g/mol. The molecule has 0 heterocycles. The van der Waals surface area contributed by atoms with Gasteiger partial charge in [-0.1, -0.05) is 33.6 Å². The van der Waals surface area contributed by atoms with E-state index < -0.39 is 10.0 Å². The number of hydrogen-bond acceptors (Lipinski definition) is 4. The summed E-state index contributed by atoms with van der Waals surface area (Å²) in [6.07, 6.45) is 0. The highest BCUT2D eigenvalue weighted by molar-refractivity contribution is 9.10. The lowest BCUT2D eigenvalue weighted by molar-refractivity contribution is 0.102. The Hall–Kier alpha value is -2.84. The Kier molecular flexibility index (Phi) is 6.48. The summed E-state index contributed by atoms with van der Waals surface area (Å²) in [6, 6.07) is 16.7. The van der Waals surface area contributed by atoms with Crippen molar-refractivity contribution in [3.63, 3.8) is 0 Å². The van der Waals surface area contributed by atoms with Crippen LogP contribution < -0.4 is 14.8 Å². The van der Waals surface area contributed by atoms with E-state index >= 15 is 0 Å². The number of carbonyl (C=O) groups is 1. The fourth-order valence-corrected chi connectivity index (χ4v) is 4.48. The topological polar surface area (TPSA) is 84.5 Å². The van der Waals surface area contributed by atoms with Gasteiger partial charge in [0.05, 0.1) is 7.11 Å². The number of ether oxygens (including phenoxy) is 1. The van der Waals surface area contributed by atoms with E-state index in [1.807, 2.05) is 26.0 Å². The van der Waals surface area contributed by atoms with Crippen molar-refractivity contribution < 1.29 is 17.9 Å². The van der Waals surface area contributed by atoms with Gasteiger partial charge in [-0.05, 0) is 67.9 Å². The molecule has 0 aliphatic carbocycles. The number of nitrogens with one attached hydrogen (secondary N) is 2. The van der Waals surface area contributed by atoms with Gasteiger partial charge in [-0.2, -0.15) is 0 Å². The molecule has 1 amide bonds. The summed E-state index contributed by atoms with van der Waals surface area (Å²) < 4.78 is 34.5. The predicted octanol–water partition coefficient (Wildman–Crippen LogP) is 5.13. The van der Waals surface area contributed by atoms with Gasteiger partial charge in [0.15, 0.2) is 0 Å². The minimum Gasteiger partial charge on any atom is -0.495 e. The number of aryl methyl sites for hydroxylation is 2. The van der Waals surface area contributed by atoms with Gasteiger partial charge in [0.2, 0.25) is 0 Å². The molecule has 0 atom stereocenters. The van der Waals surface area contributed by atoms with Crippen molar-refractivity contribution >= 4 is 43.2 Å². The Morgan fingerprint density at radius 1 is 0.933 bits per heavy atom. The first-order chi connectivity index (χ1) is 14.2. The van der Waals surface area contributed by atoms with Crippen molar-refractivity contribution in [2.45, 2.75) is 18.7 Å². The van der Waals surface area contributed by atoms with E-state index in [9.17, 15) is 13.2 Å². The van der Waals surface area contributed by atoms with E-state index in [1.165, 1.54) is 19.2 Å². The number of methoxy groups -OCH3 is 1. The van der Waals surface area contributed by atoms with Crippen molar-refractivity contribution in [3.8, 4) is 5.75 Å². The summed E-state index contributed by atoms with van der Waals surface area (Å²) in [4.78, 5) is 12.6. The smallest absolute Gasteiger partial charge is 0.265 e. The van der Waals surface area contributed by atoms with Crippen molar-refractivity contribution in [1.29, 1.82) is 0 Å². The van der Waals surface area contributed by atoms with Crippen molar-refractivity contribution in [2.75, 3.05) is 17.1 Å². The molecule has 0 saturated heterocycles. The van der Waals surface area contributed by atoms with E-state index in [1.54, 1.807) is 36.4 Å². The third-order valence-electron chi connectivity index (χ3n) is 4.43. The van der Waals surface area contributed by atoms with Crippen LogP contribution in [0.5, 0.6) is 5.75 Å². The molecule has 0 aliphatic heterocycles. The minimum absolute atomic E-state index is 0.0775. The van der Waals surface area contributed by atoms with Gasteiger partial charge in [0.25, 0.3) is 15.9 Å². The molecule has 0 fully saturated rings. The molecule has 0 bridgehead atoms. The minimum atomic E-state index is -3.95. The summed E-state index contributed by atoms with van der Waals surface area (Å²) in [6.45, 7) is 3.81. The number of sulfonamides is 1. The maximum Gasteiger partial charge on any atom is 0.265 e. The monoisotopic (exact) mass is 488 g/mol. The molecule has 30 heavy (non-hydrogen) atoms. The fourth-order valence-electron chi connectivity index (χ4n) is 2.96. The Bertz CT molecular complexity index is 1190. The maximum absolute atomic E-state index is 13.0. The van der Waals surface area contributed by atoms with E-state index in [4.69, 9.17) is 4.74 Å². The lowest BCUT2D eigenvalue weighted by Gasteiger charge is -2.14. The van der Waals surface area contributed by atoms with E-state index in [0.29, 0.717) is 16.9 Å². The summed E-state index contributed by atoms with van der Waals surface area (Å²) in [7, 11) is -2.56. The normalized spacial score (nSPS) is 11.1. The zero-order chi connectivity index (χ0) is 21.9. The first-order valence-corrected chi connectivity index (χ1v) is 11.3. The molecular weight excluding hydrogens is 468 g/mol. The highest BCUT2D eigenvalue weighted by Crippen LogP contribution is 2.29. The average Bonchev–Trinajstić information content (AvgIpc) is 2.69. The second kappa shape index (κ2) is 8.89. The first kappa shape index (κ1) is 21.9. The number of halogens is 1. The number of amides is 1. The van der Waals surface area contributed by atoms with Crippen LogP contribution in [0.15, 0.2) is 70.0 Å². The van der Waals surface area contributed by atoms with Gasteiger partial charge in [-0.25, -0.2) is 8.42 Å². The molecule has 156 valence electrons. The third-order valence-corrected chi connectivity index (χ3v) is 6.37. The number of benzene rings is 3. The molecule has 0 spiro atoms. The third kappa shape index (κ3) is 5.01. The predicted molar refractivity (Wildman–Crippen MR) is 122 cm³/mol. The Labute approximate surface area is 184 Å². The number of carbonyl (C=O) groups excluding carboxylic acids is 1. The standard InChI is InChI=1S/C22H21BrN2O4S/c1-14-4-10-19(15(2)12-14)22(26)24-18-9-11-20(29-3)21(13-18)30(27,28)25-17-7-5-16(23)6-8-17/h4-13,25H,1-3H3,(H,24,26). The molecule has 0 saturated carbocycles. The van der Waals surface area contributed by atoms with Gasteiger partial charge in [-0.15, -0.1) is 0 Å². The second-order valence-electron chi connectivity index (χ2n) is 6.75. The molecule has 3 aromatic carbocycles. The zero-order valence-electron chi connectivity index (χ0n) is 16.7. The summed E-state index contributed by atoms with van der Waals surface area (Å²) in [5.41, 5.74) is 3.17. The zero-order valence-corrected chi connectivity index (χ0v) is 19.1. The van der Waals surface area contributed by atoms with Crippen LogP contribution in [0.1, 0.15) is 21.5 Å². The van der Waals surface area contributed by atoms with Crippen LogP contribution >= 0.6 is 15.9 Å². The lowest BCUT2D eigenvalue weighted by Crippen LogP contribution is -2.16. The lowest BCUT2D eigenvalue weighted by atomic mass is 10.1. The number of anilines is 2. The van der Waals surface area contributed by atoms with Crippen molar-refractivity contribution in [1.82, 2.24) is 0 Å². The highest BCUT2D eigenvalue weighted by Gasteiger charge is 2.21. The van der Waals surface area contributed by atoms with Crippen LogP contribution in [-0.4, -0.2) is 21.4 Å². The second-order valence-corrected chi connectivity index (χ2v) is 9.32. The van der Waals surface area contributed by atoms with Gasteiger partial charge in [0, 0.05) is 21.4 Å². The van der Waals surface area contributed by atoms with Crippen LogP contribution in [0, 0.1) is 13.8 Å². The first-order valence-electron chi connectivity index (χ1n) is 9.04. The molecule has 3 aromatic rings. The molecule has 6 nitrogen and oxygen atoms in total. The van der Waals surface area contributed by atoms with Gasteiger partial charge >= 0.3 is 0 Å². The summed E-state index contributed by atoms with van der Waals surface area (Å²) in [5, 5.41) is 2.76. The Morgan fingerprint density at radius 2 is 1.60 bits per heavy atom. The van der Waals surface area contributed by atoms with Crippen LogP contribution in [0.3, 0.4) is 0 Å². The largest absolute Gasteiger partial charge is 0.495 e. The van der Waals surface area contributed by atoms with Crippen molar-refractivity contribution in [3.05, 3.63) is 81.8 Å². The maximum atomic E-state index is 13.0. The van der Waals surface area contributed by atoms with Gasteiger partial charge < -0.3 is 10.1 Å². The van der Waals surface area contributed by atoms with Crippen LogP contribution in [-0.2, 0) is 10.0 Å². The molecule has 0 unspecified atom stereocenters. The van der Waals surface area contributed by atoms with Crippen LogP contribution in [0.25, 0.3) is 0 Å². The van der Waals surface area contributed by atoms with E-state index in [0.717, 1.165) is 15.6 Å². The summed E-state index contributed by atoms with van der Waals surface area (Å²) in [5.74, 6) is -0.147. The van der Waals surface area contributed by atoms with Gasteiger partial charge in [-0.3, -0.25) is 9.52 Å². The molecule has 0 aromatic heterocycles. The summed E-state index contributed by atoms with van der Waals surface area (Å²) >= 11 is 3.32. The molecule has 0 aliphatic rings. The Balaban J connectivity index is 1.91.